The van der Waals surface area contributed by atoms with Gasteiger partial charge >= 0.3 is 0 Å². The van der Waals surface area contributed by atoms with E-state index in [0.29, 0.717) is 6.54 Å². The van der Waals surface area contributed by atoms with E-state index in [1.165, 1.54) is 0 Å². The first-order valence-electron chi connectivity index (χ1n) is 7.42. The van der Waals surface area contributed by atoms with Gasteiger partial charge in [-0.05, 0) is 44.1 Å². The van der Waals surface area contributed by atoms with Crippen LogP contribution in [0.3, 0.4) is 0 Å². The number of hydrogen-bond donors (Lipinski definition) is 1. The Morgan fingerprint density at radius 2 is 1.90 bits per heavy atom. The Hall–Kier alpha value is -0.770. The molecule has 3 nitrogen and oxygen atoms in total. The third kappa shape index (κ3) is 4.97. The summed E-state index contributed by atoms with van der Waals surface area (Å²) < 4.78 is 5.45. The van der Waals surface area contributed by atoms with Crippen LogP contribution in [0.25, 0.3) is 0 Å². The first-order valence-corrected chi connectivity index (χ1v) is 7.79. The average molecular weight is 299 g/mol. The van der Waals surface area contributed by atoms with Crippen molar-refractivity contribution in [2.24, 2.45) is 5.73 Å². The fourth-order valence-electron chi connectivity index (χ4n) is 2.56. The van der Waals surface area contributed by atoms with Gasteiger partial charge in [-0.2, -0.15) is 0 Å². The van der Waals surface area contributed by atoms with Crippen LogP contribution in [0.5, 0.6) is 5.75 Å². The number of methoxy groups -OCH3 is 1. The molecule has 0 aliphatic rings. The van der Waals surface area contributed by atoms with E-state index in [9.17, 15) is 0 Å². The molecule has 0 bridgehead atoms. The Kier molecular flexibility index (Phi) is 7.97. The van der Waals surface area contributed by atoms with Crippen LogP contribution >= 0.6 is 11.6 Å². The van der Waals surface area contributed by atoms with E-state index in [4.69, 9.17) is 22.1 Å². The van der Waals surface area contributed by atoms with Gasteiger partial charge in [0, 0.05) is 29.6 Å². The second kappa shape index (κ2) is 9.22. The maximum atomic E-state index is 6.12. The van der Waals surface area contributed by atoms with Gasteiger partial charge in [0.2, 0.25) is 0 Å². The summed E-state index contributed by atoms with van der Waals surface area (Å²) in [5, 5.41) is 0.733. The van der Waals surface area contributed by atoms with Gasteiger partial charge in [0.1, 0.15) is 5.75 Å². The minimum absolute atomic E-state index is 0.252. The normalized spacial score (nSPS) is 12.7. The Morgan fingerprint density at radius 3 is 2.40 bits per heavy atom. The molecule has 114 valence electrons. The molecular formula is C16H27ClN2O. The molecule has 0 spiro atoms. The lowest BCUT2D eigenvalue weighted by Crippen LogP contribution is -2.33. The Morgan fingerprint density at radius 1 is 1.25 bits per heavy atom. The highest BCUT2D eigenvalue weighted by Gasteiger charge is 2.18. The van der Waals surface area contributed by atoms with Crippen molar-refractivity contribution in [3.8, 4) is 5.75 Å². The SMILES string of the molecule is CCCN(CCC)CC(CN)c1cc(Cl)ccc1OC. The molecule has 1 atom stereocenters. The van der Waals surface area contributed by atoms with E-state index in [1.54, 1.807) is 7.11 Å². The maximum Gasteiger partial charge on any atom is 0.122 e. The van der Waals surface area contributed by atoms with E-state index in [2.05, 4.69) is 18.7 Å². The van der Waals surface area contributed by atoms with Gasteiger partial charge in [-0.15, -0.1) is 0 Å². The molecule has 0 heterocycles. The van der Waals surface area contributed by atoms with Crippen LogP contribution < -0.4 is 10.5 Å². The molecule has 0 aliphatic carbocycles. The number of nitrogens with two attached hydrogens (primary N) is 1. The summed E-state index contributed by atoms with van der Waals surface area (Å²) >= 11 is 6.12. The molecule has 0 amide bonds. The molecule has 0 fully saturated rings. The maximum absolute atomic E-state index is 6.12. The van der Waals surface area contributed by atoms with Crippen LogP contribution in [-0.4, -0.2) is 38.2 Å². The quantitative estimate of drug-likeness (QED) is 0.758. The number of ether oxygens (including phenoxy) is 1. The highest BCUT2D eigenvalue weighted by molar-refractivity contribution is 6.30. The van der Waals surface area contributed by atoms with Crippen molar-refractivity contribution in [1.29, 1.82) is 0 Å². The Labute approximate surface area is 128 Å². The van der Waals surface area contributed by atoms with Crippen LogP contribution in [0, 0.1) is 0 Å². The molecule has 2 N–H and O–H groups in total. The average Bonchev–Trinajstić information content (AvgIpc) is 2.45. The lowest BCUT2D eigenvalue weighted by molar-refractivity contribution is 0.256. The van der Waals surface area contributed by atoms with Crippen molar-refractivity contribution in [3.63, 3.8) is 0 Å². The molecule has 20 heavy (non-hydrogen) atoms. The fraction of sp³-hybridized carbons (Fsp3) is 0.625. The van der Waals surface area contributed by atoms with Gasteiger partial charge in [-0.3, -0.25) is 0 Å². The van der Waals surface area contributed by atoms with E-state index < -0.39 is 0 Å². The molecule has 4 heteroatoms. The third-order valence-corrected chi connectivity index (χ3v) is 3.71. The lowest BCUT2D eigenvalue weighted by atomic mass is 9.97. The molecule has 1 unspecified atom stereocenters. The number of hydrogen-bond acceptors (Lipinski definition) is 3. The summed E-state index contributed by atoms with van der Waals surface area (Å²) in [5.74, 6) is 1.12. The minimum Gasteiger partial charge on any atom is -0.496 e. The highest BCUT2D eigenvalue weighted by atomic mass is 35.5. The lowest BCUT2D eigenvalue weighted by Gasteiger charge is -2.27. The zero-order valence-corrected chi connectivity index (χ0v) is 13.6. The monoisotopic (exact) mass is 298 g/mol. The topological polar surface area (TPSA) is 38.5 Å². The zero-order valence-electron chi connectivity index (χ0n) is 12.9. The number of halogens is 1. The fourth-order valence-corrected chi connectivity index (χ4v) is 2.74. The second-order valence-electron chi connectivity index (χ2n) is 5.12. The molecule has 0 saturated carbocycles. The summed E-state index contributed by atoms with van der Waals surface area (Å²) in [6.07, 6.45) is 2.31. The van der Waals surface area contributed by atoms with Gasteiger partial charge in [0.05, 0.1) is 7.11 Å². The predicted molar refractivity (Wildman–Crippen MR) is 86.8 cm³/mol. The smallest absolute Gasteiger partial charge is 0.122 e. The van der Waals surface area contributed by atoms with Gasteiger partial charge < -0.3 is 15.4 Å². The molecule has 1 aromatic carbocycles. The van der Waals surface area contributed by atoms with Crippen LogP contribution in [0.2, 0.25) is 5.02 Å². The van der Waals surface area contributed by atoms with Crippen molar-refractivity contribution in [2.75, 3.05) is 33.3 Å². The Bertz CT molecular complexity index is 392. The molecule has 0 aliphatic heterocycles. The summed E-state index contributed by atoms with van der Waals surface area (Å²) in [5.41, 5.74) is 7.10. The van der Waals surface area contributed by atoms with Crippen LogP contribution in [-0.2, 0) is 0 Å². The summed E-state index contributed by atoms with van der Waals surface area (Å²) in [6, 6.07) is 5.76. The number of nitrogens with zero attached hydrogens (tertiary/aromatic N) is 1. The highest BCUT2D eigenvalue weighted by Crippen LogP contribution is 2.29. The van der Waals surface area contributed by atoms with Crippen molar-refractivity contribution in [2.45, 2.75) is 32.6 Å². The molecule has 1 rings (SSSR count). The van der Waals surface area contributed by atoms with Crippen molar-refractivity contribution >= 4 is 11.6 Å². The van der Waals surface area contributed by atoms with Gasteiger partial charge in [-0.1, -0.05) is 25.4 Å². The summed E-state index contributed by atoms with van der Waals surface area (Å²) in [6.45, 7) is 8.18. The minimum atomic E-state index is 0.252. The van der Waals surface area contributed by atoms with Crippen molar-refractivity contribution in [3.05, 3.63) is 28.8 Å². The number of benzene rings is 1. The van der Waals surface area contributed by atoms with Gasteiger partial charge in [-0.25, -0.2) is 0 Å². The van der Waals surface area contributed by atoms with Gasteiger partial charge in [0.25, 0.3) is 0 Å². The first-order chi connectivity index (χ1) is 9.65. The van der Waals surface area contributed by atoms with E-state index in [1.807, 2.05) is 18.2 Å². The van der Waals surface area contributed by atoms with Crippen molar-refractivity contribution in [1.82, 2.24) is 4.90 Å². The zero-order chi connectivity index (χ0) is 15.0. The van der Waals surface area contributed by atoms with E-state index >= 15 is 0 Å². The largest absolute Gasteiger partial charge is 0.496 e. The Balaban J connectivity index is 2.91. The van der Waals surface area contributed by atoms with E-state index in [-0.39, 0.29) is 5.92 Å². The van der Waals surface area contributed by atoms with E-state index in [0.717, 1.165) is 48.8 Å². The predicted octanol–water partition coefficient (Wildman–Crippen LogP) is 3.51. The second-order valence-corrected chi connectivity index (χ2v) is 5.56. The molecular weight excluding hydrogens is 272 g/mol. The standard InChI is InChI=1S/C16H27ClN2O/c1-4-8-19(9-5-2)12-13(11-18)15-10-14(17)6-7-16(15)20-3/h6-7,10,13H,4-5,8-9,11-12,18H2,1-3H3. The summed E-state index contributed by atoms with van der Waals surface area (Å²) in [4.78, 5) is 2.47. The molecule has 1 aromatic rings. The van der Waals surface area contributed by atoms with Crippen LogP contribution in [0.15, 0.2) is 18.2 Å². The molecule has 0 saturated heterocycles. The molecule has 0 aromatic heterocycles. The van der Waals surface area contributed by atoms with Crippen LogP contribution in [0.4, 0.5) is 0 Å². The van der Waals surface area contributed by atoms with Gasteiger partial charge in [0.15, 0.2) is 0 Å². The summed E-state index contributed by atoms with van der Waals surface area (Å²) in [7, 11) is 1.69. The van der Waals surface area contributed by atoms with Crippen LogP contribution in [0.1, 0.15) is 38.2 Å². The van der Waals surface area contributed by atoms with Crippen molar-refractivity contribution < 1.29 is 4.74 Å². The third-order valence-electron chi connectivity index (χ3n) is 3.47. The first kappa shape index (κ1) is 17.3. The number of rotatable bonds is 9. The molecule has 0 radical (unpaired) electrons.